The molecule has 5 nitrogen and oxygen atoms in total. The van der Waals surface area contributed by atoms with Crippen molar-refractivity contribution in [1.29, 1.82) is 0 Å². The number of aliphatic imine (C=N–C) groups is 1. The zero-order valence-electron chi connectivity index (χ0n) is 14.8. The number of rotatable bonds is 3. The Kier molecular flexibility index (Phi) is 4.71. The van der Waals surface area contributed by atoms with Crippen LogP contribution < -0.4 is 4.90 Å². The van der Waals surface area contributed by atoms with Crippen molar-refractivity contribution >= 4 is 67.8 Å². The van der Waals surface area contributed by atoms with Gasteiger partial charge in [-0.25, -0.2) is 9.98 Å². The number of hydrogen-bond acceptors (Lipinski definition) is 6. The quantitative estimate of drug-likeness (QED) is 0.364. The number of amides is 1. The summed E-state index contributed by atoms with van der Waals surface area (Å²) in [5.74, 6) is 0.340. The van der Waals surface area contributed by atoms with E-state index in [4.69, 9.17) is 16.0 Å². The highest BCUT2D eigenvalue weighted by atomic mass is 35.5. The van der Waals surface area contributed by atoms with Crippen molar-refractivity contribution < 1.29 is 9.21 Å². The van der Waals surface area contributed by atoms with E-state index in [1.807, 2.05) is 24.3 Å². The average molecular weight is 438 g/mol. The smallest absolute Gasteiger partial charge is 0.283 e. The molecule has 0 unspecified atom stereocenters. The third-order valence-corrected chi connectivity index (χ3v) is 6.49. The molecule has 2 aromatic heterocycles. The van der Waals surface area contributed by atoms with Gasteiger partial charge in [-0.15, -0.1) is 11.3 Å². The summed E-state index contributed by atoms with van der Waals surface area (Å²) >= 11 is 8.95. The van der Waals surface area contributed by atoms with Gasteiger partial charge in [-0.2, -0.15) is 0 Å². The van der Waals surface area contributed by atoms with E-state index in [2.05, 4.69) is 9.98 Å². The van der Waals surface area contributed by atoms with Gasteiger partial charge in [-0.1, -0.05) is 23.7 Å². The van der Waals surface area contributed by atoms with Crippen LogP contribution in [0.25, 0.3) is 16.3 Å². The van der Waals surface area contributed by atoms with E-state index in [0.717, 1.165) is 14.6 Å². The Morgan fingerprint density at radius 3 is 2.66 bits per heavy atom. The number of carbonyl (C=O) groups excluding carboxylic acids is 1. The second-order valence-corrected chi connectivity index (χ2v) is 8.79. The SMILES string of the molecule is O=C1/C(=C/c2ccco2)N=C(Sc2nc3ccccc3s2)N1c1ccc(Cl)cc1. The predicted octanol–water partition coefficient (Wildman–Crippen LogP) is 6.08. The number of halogens is 1. The molecule has 4 aromatic rings. The second kappa shape index (κ2) is 7.51. The maximum atomic E-state index is 13.1. The number of thiazole rings is 1. The molecule has 142 valence electrons. The van der Waals surface area contributed by atoms with E-state index < -0.39 is 0 Å². The van der Waals surface area contributed by atoms with Gasteiger partial charge in [-0.05, 0) is 60.3 Å². The molecule has 0 fully saturated rings. The van der Waals surface area contributed by atoms with Crippen LogP contribution in [0.2, 0.25) is 5.02 Å². The van der Waals surface area contributed by atoms with Gasteiger partial charge in [0.15, 0.2) is 9.51 Å². The Morgan fingerprint density at radius 1 is 1.07 bits per heavy atom. The summed E-state index contributed by atoms with van der Waals surface area (Å²) in [6.07, 6.45) is 3.19. The normalized spacial score (nSPS) is 15.5. The maximum Gasteiger partial charge on any atom is 0.283 e. The predicted molar refractivity (Wildman–Crippen MR) is 119 cm³/mol. The largest absolute Gasteiger partial charge is 0.465 e. The molecule has 0 saturated carbocycles. The van der Waals surface area contributed by atoms with E-state index in [-0.39, 0.29) is 5.91 Å². The van der Waals surface area contributed by atoms with Gasteiger partial charge >= 0.3 is 0 Å². The number of amidine groups is 1. The minimum atomic E-state index is -0.229. The lowest BCUT2D eigenvalue weighted by Crippen LogP contribution is -2.30. The van der Waals surface area contributed by atoms with Crippen molar-refractivity contribution in [1.82, 2.24) is 4.98 Å². The first-order valence-corrected chi connectivity index (χ1v) is 10.7. The van der Waals surface area contributed by atoms with Gasteiger partial charge < -0.3 is 4.42 Å². The van der Waals surface area contributed by atoms with Crippen molar-refractivity contribution in [2.45, 2.75) is 4.34 Å². The second-order valence-electron chi connectivity index (χ2n) is 6.11. The Hall–Kier alpha value is -2.87. The Labute approximate surface area is 179 Å². The van der Waals surface area contributed by atoms with E-state index in [1.54, 1.807) is 65.0 Å². The highest BCUT2D eigenvalue weighted by molar-refractivity contribution is 8.15. The van der Waals surface area contributed by atoms with Gasteiger partial charge in [0.2, 0.25) is 0 Å². The molecule has 2 aromatic carbocycles. The molecular weight excluding hydrogens is 426 g/mol. The summed E-state index contributed by atoms with van der Waals surface area (Å²) in [4.78, 5) is 23.9. The van der Waals surface area contributed by atoms with Crippen molar-refractivity contribution in [2.24, 2.45) is 4.99 Å². The number of benzene rings is 2. The van der Waals surface area contributed by atoms with Gasteiger partial charge in [0.05, 0.1) is 22.2 Å². The highest BCUT2D eigenvalue weighted by Crippen LogP contribution is 2.36. The number of carbonyl (C=O) groups is 1. The molecule has 1 aliphatic rings. The molecule has 8 heteroatoms. The van der Waals surface area contributed by atoms with Crippen LogP contribution in [-0.2, 0) is 4.79 Å². The Bertz CT molecular complexity index is 1230. The molecule has 1 aliphatic heterocycles. The fourth-order valence-electron chi connectivity index (χ4n) is 2.86. The van der Waals surface area contributed by atoms with Gasteiger partial charge in [-0.3, -0.25) is 9.69 Å². The average Bonchev–Trinajstić information content (AvgIpc) is 3.43. The number of nitrogens with zero attached hydrogens (tertiary/aromatic N) is 3. The van der Waals surface area contributed by atoms with Crippen LogP contribution in [0, 0.1) is 0 Å². The van der Waals surface area contributed by atoms with Crippen LogP contribution in [0.3, 0.4) is 0 Å². The summed E-state index contributed by atoms with van der Waals surface area (Å²) in [6, 6.07) is 18.6. The van der Waals surface area contributed by atoms with E-state index in [1.165, 1.54) is 11.8 Å². The molecule has 29 heavy (non-hydrogen) atoms. The summed E-state index contributed by atoms with van der Waals surface area (Å²) in [5, 5.41) is 1.14. The van der Waals surface area contributed by atoms with Crippen LogP contribution >= 0.6 is 34.7 Å². The van der Waals surface area contributed by atoms with Gasteiger partial charge in [0.1, 0.15) is 11.5 Å². The van der Waals surface area contributed by atoms with Crippen LogP contribution in [0.5, 0.6) is 0 Å². The summed E-state index contributed by atoms with van der Waals surface area (Å²) in [6.45, 7) is 0. The van der Waals surface area contributed by atoms with Crippen molar-refractivity contribution in [3.8, 4) is 0 Å². The number of hydrogen-bond donors (Lipinski definition) is 0. The molecule has 0 saturated heterocycles. The minimum absolute atomic E-state index is 0.229. The molecule has 0 spiro atoms. The third-order valence-electron chi connectivity index (χ3n) is 4.19. The Morgan fingerprint density at radius 2 is 1.90 bits per heavy atom. The first-order chi connectivity index (χ1) is 14.2. The zero-order valence-corrected chi connectivity index (χ0v) is 17.2. The lowest BCUT2D eigenvalue weighted by molar-refractivity contribution is -0.113. The summed E-state index contributed by atoms with van der Waals surface area (Å²) in [7, 11) is 0. The number of fused-ring (bicyclic) bond motifs is 1. The molecule has 0 atom stereocenters. The number of aromatic nitrogens is 1. The molecule has 1 amide bonds. The molecule has 0 N–H and O–H groups in total. The van der Waals surface area contributed by atoms with Crippen molar-refractivity contribution in [3.05, 3.63) is 83.4 Å². The molecule has 0 aliphatic carbocycles. The maximum absolute atomic E-state index is 13.1. The van der Waals surface area contributed by atoms with E-state index in [9.17, 15) is 4.79 Å². The van der Waals surface area contributed by atoms with Crippen LogP contribution in [0.1, 0.15) is 5.76 Å². The Balaban J connectivity index is 1.55. The molecular formula is C21H12ClN3O2S2. The standard InChI is InChI=1S/C21H12ClN3O2S2/c22-13-7-9-14(10-8-13)25-19(26)17(12-15-4-3-11-27-15)23-20(25)29-21-24-16-5-1-2-6-18(16)28-21/h1-12H/b17-12-. The molecule has 3 heterocycles. The van der Waals surface area contributed by atoms with Crippen LogP contribution in [-0.4, -0.2) is 16.1 Å². The molecule has 5 rings (SSSR count). The summed E-state index contributed by atoms with van der Waals surface area (Å²) < 4.78 is 7.25. The lowest BCUT2D eigenvalue weighted by Gasteiger charge is -2.17. The van der Waals surface area contributed by atoms with E-state index >= 15 is 0 Å². The molecule has 0 bridgehead atoms. The van der Waals surface area contributed by atoms with Crippen LogP contribution in [0.4, 0.5) is 5.69 Å². The fourth-order valence-corrected chi connectivity index (χ4v) is 5.07. The van der Waals surface area contributed by atoms with Gasteiger partial charge in [0, 0.05) is 11.1 Å². The van der Waals surface area contributed by atoms with E-state index in [0.29, 0.717) is 27.3 Å². The zero-order chi connectivity index (χ0) is 19.8. The topological polar surface area (TPSA) is 58.7 Å². The minimum Gasteiger partial charge on any atom is -0.465 e. The highest BCUT2D eigenvalue weighted by Gasteiger charge is 2.33. The first kappa shape index (κ1) is 18.2. The molecule has 0 radical (unpaired) electrons. The number of furan rings is 1. The number of thioether (sulfide) groups is 1. The van der Waals surface area contributed by atoms with Crippen LogP contribution in [0.15, 0.2) is 86.4 Å². The van der Waals surface area contributed by atoms with Gasteiger partial charge in [0.25, 0.3) is 5.91 Å². The monoisotopic (exact) mass is 437 g/mol. The fraction of sp³-hybridized carbons (Fsp3) is 0. The summed E-state index contributed by atoms with van der Waals surface area (Å²) in [5.41, 5.74) is 1.92. The third kappa shape index (κ3) is 3.60. The first-order valence-electron chi connectivity index (χ1n) is 8.65. The van der Waals surface area contributed by atoms with Crippen molar-refractivity contribution in [2.75, 3.05) is 4.90 Å². The number of anilines is 1. The number of para-hydroxylation sites is 1. The lowest BCUT2D eigenvalue weighted by atomic mass is 10.2. The van der Waals surface area contributed by atoms with Crippen molar-refractivity contribution in [3.63, 3.8) is 0 Å².